The van der Waals surface area contributed by atoms with Crippen LogP contribution in [0.1, 0.15) is 33.1 Å². The summed E-state index contributed by atoms with van der Waals surface area (Å²) in [5.41, 5.74) is -0.146. The molecule has 0 aromatic rings. The predicted molar refractivity (Wildman–Crippen MR) is 70.7 cm³/mol. The van der Waals surface area contributed by atoms with Crippen molar-refractivity contribution in [3.8, 4) is 0 Å². The van der Waals surface area contributed by atoms with Crippen molar-refractivity contribution >= 4 is 17.9 Å². The largest absolute Gasteiger partial charge is 0.481 e. The van der Waals surface area contributed by atoms with Gasteiger partial charge in [-0.3, -0.25) is 9.59 Å². The number of amides is 3. The van der Waals surface area contributed by atoms with Crippen molar-refractivity contribution in [3.63, 3.8) is 0 Å². The summed E-state index contributed by atoms with van der Waals surface area (Å²) in [4.78, 5) is 32.7. The Morgan fingerprint density at radius 2 is 1.74 bits per heavy atom. The van der Waals surface area contributed by atoms with Crippen LogP contribution in [0.5, 0.6) is 0 Å². The molecular formula is C12H23N3O4. The Morgan fingerprint density at radius 3 is 2.26 bits per heavy atom. The molecule has 0 bridgehead atoms. The van der Waals surface area contributed by atoms with Gasteiger partial charge in [0.05, 0.1) is 6.54 Å². The summed E-state index contributed by atoms with van der Waals surface area (Å²) in [5.74, 6) is -1.08. The number of carbonyl (C=O) groups excluding carboxylic acids is 2. The maximum absolute atomic E-state index is 11.3. The number of carboxylic acid groups (broad SMARTS) is 1. The molecule has 0 heterocycles. The lowest BCUT2D eigenvalue weighted by Crippen LogP contribution is -2.42. The van der Waals surface area contributed by atoms with Crippen LogP contribution in [0.2, 0.25) is 0 Å². The summed E-state index contributed by atoms with van der Waals surface area (Å²) in [7, 11) is 1.49. The van der Waals surface area contributed by atoms with E-state index >= 15 is 0 Å². The van der Waals surface area contributed by atoms with Gasteiger partial charge in [0.1, 0.15) is 0 Å². The number of hydrogen-bond donors (Lipinski definition) is 4. The van der Waals surface area contributed by atoms with E-state index in [1.807, 2.05) is 13.8 Å². The quantitative estimate of drug-likeness (QED) is 0.510. The average molecular weight is 273 g/mol. The lowest BCUT2D eigenvalue weighted by atomic mass is 9.84. The van der Waals surface area contributed by atoms with E-state index in [0.717, 1.165) is 0 Å². The van der Waals surface area contributed by atoms with Gasteiger partial charge in [0.2, 0.25) is 5.91 Å². The smallest absolute Gasteiger partial charge is 0.315 e. The molecule has 4 N–H and O–H groups in total. The normalized spacial score (nSPS) is 10.7. The van der Waals surface area contributed by atoms with Crippen LogP contribution in [-0.4, -0.2) is 43.2 Å². The van der Waals surface area contributed by atoms with Crippen LogP contribution in [0.3, 0.4) is 0 Å². The third-order valence-corrected chi connectivity index (χ3v) is 2.79. The lowest BCUT2D eigenvalue weighted by Gasteiger charge is -2.23. The van der Waals surface area contributed by atoms with E-state index < -0.39 is 12.0 Å². The monoisotopic (exact) mass is 273 g/mol. The highest BCUT2D eigenvalue weighted by molar-refractivity contribution is 5.83. The number of aliphatic carboxylic acids is 1. The Hall–Kier alpha value is -1.79. The average Bonchev–Trinajstić information content (AvgIpc) is 2.33. The van der Waals surface area contributed by atoms with E-state index in [9.17, 15) is 14.4 Å². The summed E-state index contributed by atoms with van der Waals surface area (Å²) in [6, 6.07) is -0.405. The zero-order chi connectivity index (χ0) is 14.9. The van der Waals surface area contributed by atoms with Gasteiger partial charge in [-0.2, -0.15) is 0 Å². The van der Waals surface area contributed by atoms with Crippen molar-refractivity contribution in [1.29, 1.82) is 0 Å². The van der Waals surface area contributed by atoms with Gasteiger partial charge < -0.3 is 21.1 Å². The zero-order valence-electron chi connectivity index (χ0n) is 11.7. The van der Waals surface area contributed by atoms with Crippen LogP contribution >= 0.6 is 0 Å². The summed E-state index contributed by atoms with van der Waals surface area (Å²) >= 11 is 0. The molecule has 0 aromatic heterocycles. The second-order valence-electron chi connectivity index (χ2n) is 5.09. The van der Waals surface area contributed by atoms with Crippen molar-refractivity contribution in [2.24, 2.45) is 5.41 Å². The fourth-order valence-electron chi connectivity index (χ4n) is 1.40. The second-order valence-corrected chi connectivity index (χ2v) is 5.09. The number of carboxylic acids is 1. The van der Waals surface area contributed by atoms with E-state index in [2.05, 4.69) is 16.0 Å². The third-order valence-electron chi connectivity index (χ3n) is 2.79. The number of urea groups is 1. The zero-order valence-corrected chi connectivity index (χ0v) is 11.7. The van der Waals surface area contributed by atoms with Crippen molar-refractivity contribution < 1.29 is 19.5 Å². The second kappa shape index (κ2) is 8.34. The summed E-state index contributed by atoms with van der Waals surface area (Å²) in [5, 5.41) is 16.1. The molecule has 0 aromatic carbocycles. The molecule has 0 saturated heterocycles. The SMILES string of the molecule is CNC(=O)CNC(=O)NCCC(C)(C)CCC(=O)O. The van der Waals surface area contributed by atoms with Crippen molar-refractivity contribution in [1.82, 2.24) is 16.0 Å². The van der Waals surface area contributed by atoms with Gasteiger partial charge in [-0.05, 0) is 18.3 Å². The van der Waals surface area contributed by atoms with Gasteiger partial charge in [-0.15, -0.1) is 0 Å². The Labute approximate surface area is 113 Å². The van der Waals surface area contributed by atoms with E-state index in [0.29, 0.717) is 19.4 Å². The molecule has 0 spiro atoms. The van der Waals surface area contributed by atoms with Crippen LogP contribution < -0.4 is 16.0 Å². The molecule has 0 radical (unpaired) electrons. The fourth-order valence-corrected chi connectivity index (χ4v) is 1.40. The summed E-state index contributed by atoms with van der Waals surface area (Å²) in [6.07, 6.45) is 1.35. The molecule has 0 atom stereocenters. The Morgan fingerprint density at radius 1 is 1.11 bits per heavy atom. The predicted octanol–water partition coefficient (Wildman–Crippen LogP) is 0.313. The van der Waals surface area contributed by atoms with Crippen LogP contribution in [0.4, 0.5) is 4.79 Å². The molecule has 0 unspecified atom stereocenters. The molecule has 0 fully saturated rings. The maximum atomic E-state index is 11.3. The molecule has 0 aliphatic carbocycles. The minimum Gasteiger partial charge on any atom is -0.481 e. The highest BCUT2D eigenvalue weighted by Gasteiger charge is 2.19. The van der Waals surface area contributed by atoms with Crippen LogP contribution in [-0.2, 0) is 9.59 Å². The fraction of sp³-hybridized carbons (Fsp3) is 0.750. The number of rotatable bonds is 8. The molecule has 3 amide bonds. The molecule has 0 aliphatic rings. The molecule has 0 saturated carbocycles. The van der Waals surface area contributed by atoms with Gasteiger partial charge in [0, 0.05) is 20.0 Å². The number of nitrogens with one attached hydrogen (secondary N) is 3. The molecule has 7 heteroatoms. The number of carbonyl (C=O) groups is 3. The van der Waals surface area contributed by atoms with Crippen LogP contribution in [0.25, 0.3) is 0 Å². The van der Waals surface area contributed by atoms with Gasteiger partial charge in [0.25, 0.3) is 0 Å². The first-order valence-electron chi connectivity index (χ1n) is 6.21. The van der Waals surface area contributed by atoms with Crippen molar-refractivity contribution in [2.45, 2.75) is 33.1 Å². The highest BCUT2D eigenvalue weighted by atomic mass is 16.4. The molecule has 19 heavy (non-hydrogen) atoms. The topological polar surface area (TPSA) is 108 Å². The molecule has 0 rings (SSSR count). The van der Waals surface area contributed by atoms with Crippen molar-refractivity contribution in [3.05, 3.63) is 0 Å². The number of likely N-dealkylation sites (N-methyl/N-ethyl adjacent to an activating group) is 1. The Bertz CT molecular complexity index is 329. The van der Waals surface area contributed by atoms with Gasteiger partial charge in [0.15, 0.2) is 0 Å². The van der Waals surface area contributed by atoms with E-state index in [1.54, 1.807) is 0 Å². The molecule has 7 nitrogen and oxygen atoms in total. The standard InChI is InChI=1S/C12H23N3O4/c1-12(2,5-4-10(17)18)6-7-14-11(19)15-8-9(16)13-3/h4-8H2,1-3H3,(H,13,16)(H,17,18)(H2,14,15,19). The van der Waals surface area contributed by atoms with E-state index in [-0.39, 0.29) is 24.3 Å². The van der Waals surface area contributed by atoms with Crippen molar-refractivity contribution in [2.75, 3.05) is 20.1 Å². The first-order valence-corrected chi connectivity index (χ1v) is 6.21. The van der Waals surface area contributed by atoms with E-state index in [4.69, 9.17) is 5.11 Å². The van der Waals surface area contributed by atoms with Crippen LogP contribution in [0, 0.1) is 5.41 Å². The molecule has 110 valence electrons. The third kappa shape index (κ3) is 9.87. The van der Waals surface area contributed by atoms with Gasteiger partial charge >= 0.3 is 12.0 Å². The summed E-state index contributed by atoms with van der Waals surface area (Å²) in [6.45, 7) is 4.29. The van der Waals surface area contributed by atoms with E-state index in [1.165, 1.54) is 7.05 Å². The maximum Gasteiger partial charge on any atom is 0.315 e. The minimum absolute atomic E-state index is 0.0647. The lowest BCUT2D eigenvalue weighted by molar-refractivity contribution is -0.137. The van der Waals surface area contributed by atoms with Gasteiger partial charge in [-0.25, -0.2) is 4.79 Å². The Balaban J connectivity index is 3.79. The van der Waals surface area contributed by atoms with Crippen LogP contribution in [0.15, 0.2) is 0 Å². The summed E-state index contributed by atoms with van der Waals surface area (Å²) < 4.78 is 0. The highest BCUT2D eigenvalue weighted by Crippen LogP contribution is 2.25. The first-order chi connectivity index (χ1) is 8.76. The Kier molecular flexibility index (Phi) is 7.55. The molecular weight excluding hydrogens is 250 g/mol. The number of hydrogen-bond acceptors (Lipinski definition) is 3. The molecule has 0 aliphatic heterocycles. The van der Waals surface area contributed by atoms with Gasteiger partial charge in [-0.1, -0.05) is 13.8 Å². The minimum atomic E-state index is -0.815. The first kappa shape index (κ1) is 17.2.